The highest BCUT2D eigenvalue weighted by molar-refractivity contribution is 7.89. The Bertz CT molecular complexity index is 926. The molecule has 134 valence electrons. The Morgan fingerprint density at radius 3 is 2.80 bits per heavy atom. The van der Waals surface area contributed by atoms with Crippen LogP contribution in [-0.4, -0.2) is 31.9 Å². The van der Waals surface area contributed by atoms with Crippen molar-refractivity contribution >= 4 is 33.3 Å². The molecule has 1 aromatic heterocycles. The number of nitrogens with one attached hydrogen (secondary N) is 1. The van der Waals surface area contributed by atoms with Gasteiger partial charge in [0.1, 0.15) is 11.5 Å². The molecule has 0 saturated heterocycles. The van der Waals surface area contributed by atoms with Gasteiger partial charge in [-0.3, -0.25) is 0 Å². The fourth-order valence-corrected chi connectivity index (χ4v) is 2.76. The molecule has 0 bridgehead atoms. The highest BCUT2D eigenvalue weighted by Gasteiger charge is 2.17. The van der Waals surface area contributed by atoms with Gasteiger partial charge in [-0.25, -0.2) is 9.18 Å². The molecule has 2 rings (SSSR count). The highest BCUT2D eigenvalue weighted by atomic mass is 35.5. The van der Waals surface area contributed by atoms with Crippen LogP contribution in [0.2, 0.25) is 5.02 Å². The molecule has 0 saturated carbocycles. The number of nitrogens with zero attached hydrogens (tertiary/aromatic N) is 2. The molecular weight excluding hydrogens is 377 g/mol. The lowest BCUT2D eigenvalue weighted by Crippen LogP contribution is -2.20. The molecule has 0 atom stereocenters. The standard InChI is InChI=1S/C14H13ClFN3O5S/c1-3-23-14(20)12-7-13(24-18-12)8(2)17-19-25(21,22)9-4-5-11(16)10(15)6-9/h4-7,19H,3H2,1-2H3. The number of halogens is 2. The molecule has 0 aliphatic heterocycles. The Morgan fingerprint density at radius 1 is 1.44 bits per heavy atom. The Balaban J connectivity index is 2.17. The average Bonchev–Trinajstić information content (AvgIpc) is 3.05. The number of ether oxygens (including phenoxy) is 1. The van der Waals surface area contributed by atoms with E-state index in [9.17, 15) is 17.6 Å². The van der Waals surface area contributed by atoms with Gasteiger partial charge in [-0.2, -0.15) is 18.4 Å². The monoisotopic (exact) mass is 389 g/mol. The normalized spacial score (nSPS) is 12.1. The Hall–Kier alpha value is -2.46. The lowest BCUT2D eigenvalue weighted by molar-refractivity contribution is 0.0514. The molecule has 11 heteroatoms. The molecule has 1 N–H and O–H groups in total. The Morgan fingerprint density at radius 2 is 2.16 bits per heavy atom. The van der Waals surface area contributed by atoms with E-state index >= 15 is 0 Å². The second kappa shape index (κ2) is 7.62. The first kappa shape index (κ1) is 18.9. The second-order valence-corrected chi connectivity index (χ2v) is 6.73. The van der Waals surface area contributed by atoms with Crippen molar-refractivity contribution in [1.29, 1.82) is 0 Å². The molecule has 2 aromatic rings. The molecule has 0 aliphatic rings. The number of sulfonamides is 1. The third-order valence-electron chi connectivity index (χ3n) is 2.89. The maximum atomic E-state index is 13.1. The maximum absolute atomic E-state index is 13.1. The Kier molecular flexibility index (Phi) is 5.75. The Labute approximate surface area is 147 Å². The van der Waals surface area contributed by atoms with Gasteiger partial charge in [0.15, 0.2) is 11.5 Å². The maximum Gasteiger partial charge on any atom is 0.360 e. The molecule has 8 nitrogen and oxygen atoms in total. The quantitative estimate of drug-likeness (QED) is 0.461. The molecule has 0 spiro atoms. The topological polar surface area (TPSA) is 111 Å². The first-order valence-corrected chi connectivity index (χ1v) is 8.76. The third-order valence-corrected chi connectivity index (χ3v) is 4.38. The minimum atomic E-state index is -4.06. The molecule has 1 heterocycles. The van der Waals surface area contributed by atoms with Crippen LogP contribution in [0.4, 0.5) is 4.39 Å². The summed E-state index contributed by atoms with van der Waals surface area (Å²) < 4.78 is 47.0. The average molecular weight is 390 g/mol. The van der Waals surface area contributed by atoms with Gasteiger partial charge in [-0.05, 0) is 32.0 Å². The molecule has 0 fully saturated rings. The summed E-state index contributed by atoms with van der Waals surface area (Å²) in [6.07, 6.45) is 0. The number of hydrogen-bond acceptors (Lipinski definition) is 7. The van der Waals surface area contributed by atoms with E-state index in [1.165, 1.54) is 13.0 Å². The van der Waals surface area contributed by atoms with Gasteiger partial charge in [0.25, 0.3) is 10.0 Å². The highest BCUT2D eigenvalue weighted by Crippen LogP contribution is 2.19. The van der Waals surface area contributed by atoms with Crippen molar-refractivity contribution in [3.8, 4) is 0 Å². The van der Waals surface area contributed by atoms with Gasteiger partial charge in [0.05, 0.1) is 16.5 Å². The number of carbonyl (C=O) groups excluding carboxylic acids is 1. The largest absolute Gasteiger partial charge is 0.461 e. The smallest absolute Gasteiger partial charge is 0.360 e. The summed E-state index contributed by atoms with van der Waals surface area (Å²) in [5.74, 6) is -1.34. The van der Waals surface area contributed by atoms with Crippen LogP contribution in [0.1, 0.15) is 30.1 Å². The summed E-state index contributed by atoms with van der Waals surface area (Å²) in [7, 11) is -4.06. The summed E-state index contributed by atoms with van der Waals surface area (Å²) in [6.45, 7) is 3.26. The minimum absolute atomic E-state index is 0.0698. The van der Waals surface area contributed by atoms with Gasteiger partial charge in [-0.1, -0.05) is 16.8 Å². The van der Waals surface area contributed by atoms with Crippen molar-refractivity contribution in [1.82, 2.24) is 9.99 Å². The first-order valence-electron chi connectivity index (χ1n) is 6.90. The summed E-state index contributed by atoms with van der Waals surface area (Å²) >= 11 is 5.57. The summed E-state index contributed by atoms with van der Waals surface area (Å²) in [5.41, 5.74) is 0.0411. The van der Waals surface area contributed by atoms with E-state index in [2.05, 4.69) is 10.3 Å². The van der Waals surface area contributed by atoms with Crippen molar-refractivity contribution in [2.75, 3.05) is 6.61 Å². The summed E-state index contributed by atoms with van der Waals surface area (Å²) in [4.78, 5) is 13.2. The van der Waals surface area contributed by atoms with Crippen LogP contribution < -0.4 is 4.83 Å². The molecule has 25 heavy (non-hydrogen) atoms. The van der Waals surface area contributed by atoms with Crippen LogP contribution in [0.3, 0.4) is 0 Å². The van der Waals surface area contributed by atoms with E-state index in [1.54, 1.807) is 6.92 Å². The van der Waals surface area contributed by atoms with Gasteiger partial charge < -0.3 is 9.26 Å². The fraction of sp³-hybridized carbons (Fsp3) is 0.214. The van der Waals surface area contributed by atoms with Crippen molar-refractivity contribution < 1.29 is 26.9 Å². The third kappa shape index (κ3) is 4.54. The molecule has 0 aliphatic carbocycles. The van der Waals surface area contributed by atoms with E-state index in [1.807, 2.05) is 4.83 Å². The van der Waals surface area contributed by atoms with Crippen LogP contribution in [0.25, 0.3) is 0 Å². The van der Waals surface area contributed by atoms with E-state index in [4.69, 9.17) is 20.9 Å². The van der Waals surface area contributed by atoms with Crippen LogP contribution in [0, 0.1) is 5.82 Å². The zero-order valence-electron chi connectivity index (χ0n) is 13.1. The van der Waals surface area contributed by atoms with Crippen molar-refractivity contribution in [3.05, 3.63) is 46.6 Å². The van der Waals surface area contributed by atoms with Crippen LogP contribution in [-0.2, 0) is 14.8 Å². The number of hydrazone groups is 1. The van der Waals surface area contributed by atoms with Crippen LogP contribution in [0.15, 0.2) is 38.8 Å². The van der Waals surface area contributed by atoms with Gasteiger partial charge in [0.2, 0.25) is 0 Å². The fourth-order valence-electron chi connectivity index (χ4n) is 1.63. The molecular formula is C14H13ClFN3O5S. The van der Waals surface area contributed by atoms with Crippen molar-refractivity contribution in [2.45, 2.75) is 18.7 Å². The molecule has 0 amide bonds. The van der Waals surface area contributed by atoms with Crippen LogP contribution >= 0.6 is 11.6 Å². The number of rotatable bonds is 6. The molecule has 0 radical (unpaired) electrons. The van der Waals surface area contributed by atoms with Crippen LogP contribution in [0.5, 0.6) is 0 Å². The predicted octanol–water partition coefficient (Wildman–Crippen LogP) is 2.35. The SMILES string of the molecule is CCOC(=O)c1cc(C(C)=NNS(=O)(=O)c2ccc(F)c(Cl)c2)on1. The molecule has 0 unspecified atom stereocenters. The number of carbonyl (C=O) groups is 1. The van der Waals surface area contributed by atoms with E-state index < -0.39 is 21.8 Å². The van der Waals surface area contributed by atoms with Crippen molar-refractivity contribution in [2.24, 2.45) is 5.10 Å². The first-order chi connectivity index (χ1) is 11.7. The number of aromatic nitrogens is 1. The minimum Gasteiger partial charge on any atom is -0.461 e. The van der Waals surface area contributed by atoms with Crippen molar-refractivity contribution in [3.63, 3.8) is 0 Å². The van der Waals surface area contributed by atoms with Gasteiger partial charge >= 0.3 is 5.97 Å². The summed E-state index contributed by atoms with van der Waals surface area (Å²) in [5, 5.41) is 6.85. The second-order valence-electron chi connectivity index (χ2n) is 4.66. The number of benzene rings is 1. The lowest BCUT2D eigenvalue weighted by Gasteiger charge is -2.05. The predicted molar refractivity (Wildman–Crippen MR) is 86.4 cm³/mol. The van der Waals surface area contributed by atoms with Gasteiger partial charge in [0, 0.05) is 6.07 Å². The molecule has 1 aromatic carbocycles. The van der Waals surface area contributed by atoms with E-state index in [-0.39, 0.29) is 33.7 Å². The zero-order chi connectivity index (χ0) is 18.6. The lowest BCUT2D eigenvalue weighted by atomic mass is 10.3. The zero-order valence-corrected chi connectivity index (χ0v) is 14.7. The van der Waals surface area contributed by atoms with E-state index in [0.29, 0.717) is 0 Å². The van der Waals surface area contributed by atoms with E-state index in [0.717, 1.165) is 18.2 Å². The van der Waals surface area contributed by atoms with Gasteiger partial charge in [-0.15, -0.1) is 0 Å². The number of hydrogen-bond donors (Lipinski definition) is 1. The summed E-state index contributed by atoms with van der Waals surface area (Å²) in [6, 6.07) is 4.19. The number of esters is 1.